The quantitative estimate of drug-likeness (QED) is 0.322. The lowest BCUT2D eigenvalue weighted by Crippen LogP contribution is -2.67. The first kappa shape index (κ1) is 16.7. The van der Waals surface area contributed by atoms with Crippen LogP contribution in [0.3, 0.4) is 0 Å². The molecule has 4 N–H and O–H groups in total. The number of allylic oxidation sites excluding steroid dienone is 2. The maximum Gasteiger partial charge on any atom is 0.328 e. The van der Waals surface area contributed by atoms with E-state index in [-0.39, 0.29) is 6.42 Å². The molecule has 2 rings (SSSR count). The Hall–Kier alpha value is -1.70. The second kappa shape index (κ2) is 4.91. The molecule has 5 atom stereocenters. The van der Waals surface area contributed by atoms with Gasteiger partial charge in [-0.2, -0.15) is 0 Å². The van der Waals surface area contributed by atoms with Gasteiger partial charge in [-0.05, 0) is 32.4 Å². The lowest BCUT2D eigenvalue weighted by atomic mass is 9.57. The number of hydrogen-bond donors (Lipinski definition) is 4. The minimum absolute atomic E-state index is 0.127. The van der Waals surface area contributed by atoms with Gasteiger partial charge < -0.3 is 25.2 Å². The summed E-state index contributed by atoms with van der Waals surface area (Å²) in [5.41, 5.74) is -4.67. The van der Waals surface area contributed by atoms with Crippen molar-refractivity contribution in [3.8, 4) is 0 Å². The average Bonchev–Trinajstić information content (AvgIpc) is 2.49. The zero-order valence-electron chi connectivity index (χ0n) is 12.6. The minimum atomic E-state index is -1.87. The molecule has 0 radical (unpaired) electrons. The number of carbonyl (C=O) groups is 2. The Labute approximate surface area is 127 Å². The topological polar surface area (TPSA) is 124 Å². The van der Waals surface area contributed by atoms with Crippen LogP contribution in [-0.4, -0.2) is 55.8 Å². The largest absolute Gasteiger partial charge is 0.478 e. The Morgan fingerprint density at radius 1 is 1.36 bits per heavy atom. The Kier molecular flexibility index (Phi) is 3.72. The van der Waals surface area contributed by atoms with Crippen molar-refractivity contribution >= 4 is 11.9 Å². The molecule has 1 saturated carbocycles. The van der Waals surface area contributed by atoms with Gasteiger partial charge in [-0.15, -0.1) is 0 Å². The van der Waals surface area contributed by atoms with E-state index in [0.717, 1.165) is 6.08 Å². The molecule has 1 heterocycles. The van der Waals surface area contributed by atoms with Crippen LogP contribution in [0.15, 0.2) is 23.8 Å². The first-order valence-corrected chi connectivity index (χ1v) is 6.90. The molecule has 0 spiro atoms. The highest BCUT2D eigenvalue weighted by atomic mass is 16.6. The van der Waals surface area contributed by atoms with Crippen LogP contribution >= 0.6 is 0 Å². The van der Waals surface area contributed by atoms with Gasteiger partial charge in [-0.3, -0.25) is 4.79 Å². The standard InChI is InChI=1S/C15H20O7/c1-8(6-10(17)18)4-5-15(21)13(2)7-9(16)11(19)14(15,3)12(20)22-13/h4-6,9,11,16,19,21H,7H2,1-3H3,(H,17,18)/b5-4+,8-6-/t9-,11+,13+,14+,15-/m0/s1. The molecule has 7 heteroatoms. The summed E-state index contributed by atoms with van der Waals surface area (Å²) in [6.07, 6.45) is 0.750. The fourth-order valence-corrected chi connectivity index (χ4v) is 3.38. The fourth-order valence-electron chi connectivity index (χ4n) is 3.38. The van der Waals surface area contributed by atoms with Crippen molar-refractivity contribution in [3.63, 3.8) is 0 Å². The van der Waals surface area contributed by atoms with Gasteiger partial charge >= 0.3 is 11.9 Å². The molecule has 0 aromatic carbocycles. The molecule has 1 aliphatic heterocycles. The summed E-state index contributed by atoms with van der Waals surface area (Å²) in [7, 11) is 0. The normalized spacial score (nSPS) is 45.2. The number of aliphatic carboxylic acids is 1. The van der Waals surface area contributed by atoms with Crippen molar-refractivity contribution in [2.75, 3.05) is 0 Å². The fraction of sp³-hybridized carbons (Fsp3) is 0.600. The van der Waals surface area contributed by atoms with Gasteiger partial charge in [0.1, 0.15) is 16.6 Å². The number of fused-ring (bicyclic) bond motifs is 2. The van der Waals surface area contributed by atoms with Crippen LogP contribution < -0.4 is 0 Å². The van der Waals surface area contributed by atoms with Crippen molar-refractivity contribution in [3.05, 3.63) is 23.8 Å². The molecule has 122 valence electrons. The Morgan fingerprint density at radius 3 is 2.50 bits per heavy atom. The number of aliphatic hydroxyl groups is 3. The maximum absolute atomic E-state index is 12.2. The number of carboxylic acids is 1. The molecular weight excluding hydrogens is 292 g/mol. The molecule has 0 aromatic rings. The summed E-state index contributed by atoms with van der Waals surface area (Å²) >= 11 is 0. The van der Waals surface area contributed by atoms with Crippen molar-refractivity contribution in [2.24, 2.45) is 5.41 Å². The second-order valence-electron chi connectivity index (χ2n) is 6.37. The predicted octanol–water partition coefficient (Wildman–Crippen LogP) is -0.248. The highest BCUT2D eigenvalue weighted by molar-refractivity contribution is 5.84. The Balaban J connectivity index is 2.50. The summed E-state index contributed by atoms with van der Waals surface area (Å²) in [4.78, 5) is 22.8. The van der Waals surface area contributed by atoms with Crippen LogP contribution in [-0.2, 0) is 14.3 Å². The maximum atomic E-state index is 12.2. The monoisotopic (exact) mass is 312 g/mol. The lowest BCUT2D eigenvalue weighted by molar-refractivity contribution is -0.196. The van der Waals surface area contributed by atoms with Gasteiger partial charge in [0.15, 0.2) is 0 Å². The van der Waals surface area contributed by atoms with Crippen LogP contribution in [0.25, 0.3) is 0 Å². The molecule has 1 saturated heterocycles. The van der Waals surface area contributed by atoms with Crippen LogP contribution in [0.2, 0.25) is 0 Å². The third-order valence-corrected chi connectivity index (χ3v) is 4.83. The van der Waals surface area contributed by atoms with E-state index in [4.69, 9.17) is 9.84 Å². The molecule has 0 amide bonds. The number of rotatable bonds is 3. The van der Waals surface area contributed by atoms with E-state index in [0.29, 0.717) is 5.57 Å². The molecule has 2 aliphatic rings. The van der Waals surface area contributed by atoms with E-state index in [9.17, 15) is 24.9 Å². The van der Waals surface area contributed by atoms with Gasteiger partial charge in [-0.25, -0.2) is 4.79 Å². The number of aliphatic hydroxyl groups excluding tert-OH is 2. The van der Waals surface area contributed by atoms with Crippen LogP contribution in [0.4, 0.5) is 0 Å². The lowest BCUT2D eigenvalue weighted by Gasteiger charge is -2.49. The highest BCUT2D eigenvalue weighted by Crippen LogP contribution is 2.58. The number of carbonyl (C=O) groups excluding carboxylic acids is 1. The SMILES string of the molecule is CC(=C/C(=O)O)/C=C/[C@]1(O)[C@@]2(C)C[C@H](O)[C@@H](O)[C@]1(C)C(=O)O2. The Bertz CT molecular complexity index is 580. The van der Waals surface area contributed by atoms with Crippen molar-refractivity contribution in [1.29, 1.82) is 0 Å². The second-order valence-corrected chi connectivity index (χ2v) is 6.37. The summed E-state index contributed by atoms with van der Waals surface area (Å²) in [6, 6.07) is 0. The number of esters is 1. The molecule has 1 aliphatic carbocycles. The third-order valence-electron chi connectivity index (χ3n) is 4.83. The first-order valence-electron chi connectivity index (χ1n) is 6.90. The van der Waals surface area contributed by atoms with Gasteiger partial charge in [0.25, 0.3) is 0 Å². The van der Waals surface area contributed by atoms with Crippen LogP contribution in [0.5, 0.6) is 0 Å². The van der Waals surface area contributed by atoms with Gasteiger partial charge in [0.2, 0.25) is 0 Å². The van der Waals surface area contributed by atoms with Gasteiger partial charge in [0.05, 0.1) is 12.2 Å². The predicted molar refractivity (Wildman–Crippen MR) is 74.7 cm³/mol. The highest BCUT2D eigenvalue weighted by Gasteiger charge is 2.76. The molecule has 2 bridgehead atoms. The minimum Gasteiger partial charge on any atom is -0.478 e. The molecule has 7 nitrogen and oxygen atoms in total. The summed E-state index contributed by atoms with van der Waals surface area (Å²) in [6.45, 7) is 4.33. The number of carboxylic acid groups (broad SMARTS) is 1. The van der Waals surface area contributed by atoms with Gasteiger partial charge in [0, 0.05) is 12.5 Å². The molecular formula is C15H20O7. The van der Waals surface area contributed by atoms with Gasteiger partial charge in [-0.1, -0.05) is 6.08 Å². The molecule has 2 fully saturated rings. The van der Waals surface area contributed by atoms with Crippen molar-refractivity contribution in [2.45, 2.75) is 50.6 Å². The molecule has 0 unspecified atom stereocenters. The van der Waals surface area contributed by atoms with E-state index < -0.39 is 40.8 Å². The summed E-state index contributed by atoms with van der Waals surface area (Å²) in [5.74, 6) is -1.94. The van der Waals surface area contributed by atoms with E-state index >= 15 is 0 Å². The van der Waals surface area contributed by atoms with E-state index in [2.05, 4.69) is 0 Å². The average molecular weight is 312 g/mol. The summed E-state index contributed by atoms with van der Waals surface area (Å²) in [5, 5.41) is 39.9. The van der Waals surface area contributed by atoms with Crippen LogP contribution in [0, 0.1) is 5.41 Å². The molecule has 22 heavy (non-hydrogen) atoms. The van der Waals surface area contributed by atoms with E-state index in [1.165, 1.54) is 32.9 Å². The first-order chi connectivity index (χ1) is 9.98. The van der Waals surface area contributed by atoms with Crippen LogP contribution in [0.1, 0.15) is 27.2 Å². The van der Waals surface area contributed by atoms with Crippen molar-refractivity contribution < 1.29 is 34.8 Å². The van der Waals surface area contributed by atoms with E-state index in [1.54, 1.807) is 0 Å². The third kappa shape index (κ3) is 2.00. The Morgan fingerprint density at radius 2 is 1.95 bits per heavy atom. The number of ether oxygens (including phenoxy) is 1. The zero-order chi connectivity index (χ0) is 16.9. The van der Waals surface area contributed by atoms with E-state index in [1.807, 2.05) is 0 Å². The number of hydrogen-bond acceptors (Lipinski definition) is 6. The molecule has 0 aromatic heterocycles. The summed E-state index contributed by atoms with van der Waals surface area (Å²) < 4.78 is 5.25. The van der Waals surface area contributed by atoms with Crippen molar-refractivity contribution in [1.82, 2.24) is 0 Å². The zero-order valence-corrected chi connectivity index (χ0v) is 12.6. The smallest absolute Gasteiger partial charge is 0.328 e.